The fourth-order valence-electron chi connectivity index (χ4n) is 2.34. The molecule has 0 amide bonds. The highest BCUT2D eigenvalue weighted by molar-refractivity contribution is 5.31. The summed E-state index contributed by atoms with van der Waals surface area (Å²) in [6.45, 7) is 0.911. The third kappa shape index (κ3) is 2.57. The first-order valence-corrected chi connectivity index (χ1v) is 5.67. The monoisotopic (exact) mass is 232 g/mol. The second-order valence-corrected chi connectivity index (χ2v) is 4.27. The molecule has 2 atom stereocenters. The molecular formula is C13H16N2O2. The summed E-state index contributed by atoms with van der Waals surface area (Å²) >= 11 is 0. The van der Waals surface area contributed by atoms with E-state index < -0.39 is 0 Å². The number of rotatable bonds is 3. The Labute approximate surface area is 101 Å². The Morgan fingerprint density at radius 3 is 3.12 bits per heavy atom. The largest absolute Gasteiger partial charge is 0.497 e. The first kappa shape index (κ1) is 11.9. The molecule has 0 saturated carbocycles. The van der Waals surface area contributed by atoms with Crippen LogP contribution in [0.2, 0.25) is 0 Å². The van der Waals surface area contributed by atoms with E-state index in [1.165, 1.54) is 0 Å². The van der Waals surface area contributed by atoms with Crippen LogP contribution in [0.4, 0.5) is 0 Å². The Hall–Kier alpha value is -1.57. The van der Waals surface area contributed by atoms with E-state index >= 15 is 0 Å². The highest BCUT2D eigenvalue weighted by Gasteiger charge is 2.31. The van der Waals surface area contributed by atoms with E-state index in [1.54, 1.807) is 7.11 Å². The maximum absolute atomic E-state index is 9.70. The van der Waals surface area contributed by atoms with E-state index in [0.717, 1.165) is 11.3 Å². The van der Waals surface area contributed by atoms with Crippen LogP contribution in [0.25, 0.3) is 0 Å². The number of β-amino-alcohol motifs (C(OH)–C–C–N with tert-alkyl or cyclic N) is 1. The molecule has 90 valence electrons. The standard InChI is InChI=1S/C13H16N2O2/c1-17-12-4-2-3-10(7-12)13-8-11(16)9-15(13)6-5-14/h2-4,7,11,13,16H,6,8-9H2,1H3. The number of aliphatic hydroxyl groups excluding tert-OH is 1. The molecule has 2 unspecified atom stereocenters. The Morgan fingerprint density at radius 2 is 2.41 bits per heavy atom. The first-order valence-electron chi connectivity index (χ1n) is 5.67. The fraction of sp³-hybridized carbons (Fsp3) is 0.462. The minimum Gasteiger partial charge on any atom is -0.497 e. The molecule has 1 heterocycles. The average Bonchev–Trinajstić information content (AvgIpc) is 2.71. The second kappa shape index (κ2) is 5.17. The van der Waals surface area contributed by atoms with E-state index in [1.807, 2.05) is 29.2 Å². The summed E-state index contributed by atoms with van der Waals surface area (Å²) in [7, 11) is 1.63. The van der Waals surface area contributed by atoms with E-state index in [0.29, 0.717) is 19.5 Å². The number of ether oxygens (including phenoxy) is 1. The molecule has 1 N–H and O–H groups in total. The van der Waals surface area contributed by atoms with E-state index in [4.69, 9.17) is 10.00 Å². The molecule has 1 fully saturated rings. The SMILES string of the molecule is COc1cccc(C2CC(O)CN2CC#N)c1. The van der Waals surface area contributed by atoms with Gasteiger partial charge < -0.3 is 9.84 Å². The molecule has 1 aromatic carbocycles. The maximum Gasteiger partial charge on any atom is 0.119 e. The lowest BCUT2D eigenvalue weighted by Gasteiger charge is -2.21. The van der Waals surface area contributed by atoms with Crippen LogP contribution in [0.15, 0.2) is 24.3 Å². The Balaban J connectivity index is 2.22. The van der Waals surface area contributed by atoms with Crippen molar-refractivity contribution in [1.29, 1.82) is 5.26 Å². The molecule has 1 aliphatic heterocycles. The number of nitriles is 1. The van der Waals surface area contributed by atoms with Gasteiger partial charge in [-0.2, -0.15) is 5.26 Å². The number of hydrogen-bond donors (Lipinski definition) is 1. The summed E-state index contributed by atoms with van der Waals surface area (Å²) in [6.07, 6.45) is 0.328. The van der Waals surface area contributed by atoms with Crippen LogP contribution in [0.3, 0.4) is 0 Å². The van der Waals surface area contributed by atoms with Crippen LogP contribution in [0, 0.1) is 11.3 Å². The number of aliphatic hydroxyl groups is 1. The molecule has 4 nitrogen and oxygen atoms in total. The van der Waals surface area contributed by atoms with Gasteiger partial charge >= 0.3 is 0 Å². The van der Waals surface area contributed by atoms with Gasteiger partial charge in [-0.25, -0.2) is 0 Å². The summed E-state index contributed by atoms with van der Waals surface area (Å²) in [5.41, 5.74) is 1.09. The quantitative estimate of drug-likeness (QED) is 0.799. The lowest BCUT2D eigenvalue weighted by Crippen LogP contribution is -2.25. The Morgan fingerprint density at radius 1 is 1.59 bits per heavy atom. The van der Waals surface area contributed by atoms with Crippen molar-refractivity contribution in [3.63, 3.8) is 0 Å². The van der Waals surface area contributed by atoms with Crippen molar-refractivity contribution in [3.05, 3.63) is 29.8 Å². The summed E-state index contributed by atoms with van der Waals surface area (Å²) in [4.78, 5) is 2.00. The average molecular weight is 232 g/mol. The number of hydrogen-bond acceptors (Lipinski definition) is 4. The third-order valence-corrected chi connectivity index (χ3v) is 3.13. The Bertz CT molecular complexity index is 428. The third-order valence-electron chi connectivity index (χ3n) is 3.13. The zero-order chi connectivity index (χ0) is 12.3. The molecule has 0 aliphatic carbocycles. The van der Waals surface area contributed by atoms with Gasteiger partial charge in [0, 0.05) is 12.6 Å². The van der Waals surface area contributed by atoms with Crippen LogP contribution >= 0.6 is 0 Å². The van der Waals surface area contributed by atoms with Gasteiger partial charge in [0.25, 0.3) is 0 Å². The van der Waals surface area contributed by atoms with Gasteiger partial charge in [-0.1, -0.05) is 12.1 Å². The highest BCUT2D eigenvalue weighted by atomic mass is 16.5. The van der Waals surface area contributed by atoms with Gasteiger partial charge in [-0.05, 0) is 24.1 Å². The molecule has 0 aromatic heterocycles. The fourth-order valence-corrected chi connectivity index (χ4v) is 2.34. The van der Waals surface area contributed by atoms with Crippen molar-refractivity contribution in [2.75, 3.05) is 20.2 Å². The molecule has 1 aromatic rings. The second-order valence-electron chi connectivity index (χ2n) is 4.27. The maximum atomic E-state index is 9.70. The van der Waals surface area contributed by atoms with E-state index in [9.17, 15) is 5.11 Å². The number of methoxy groups -OCH3 is 1. The van der Waals surface area contributed by atoms with Gasteiger partial charge in [0.1, 0.15) is 5.75 Å². The zero-order valence-electron chi connectivity index (χ0n) is 9.84. The number of likely N-dealkylation sites (tertiary alicyclic amines) is 1. The molecule has 0 bridgehead atoms. The van der Waals surface area contributed by atoms with Crippen molar-refractivity contribution in [3.8, 4) is 11.8 Å². The summed E-state index contributed by atoms with van der Waals surface area (Å²) in [6, 6.07) is 10.1. The van der Waals surface area contributed by atoms with Gasteiger partial charge in [0.2, 0.25) is 0 Å². The molecule has 17 heavy (non-hydrogen) atoms. The first-order chi connectivity index (χ1) is 8.24. The van der Waals surface area contributed by atoms with E-state index in [2.05, 4.69) is 6.07 Å². The zero-order valence-corrected chi connectivity index (χ0v) is 9.84. The van der Waals surface area contributed by atoms with Crippen LogP contribution in [-0.4, -0.2) is 36.3 Å². The Kier molecular flexibility index (Phi) is 3.62. The topological polar surface area (TPSA) is 56.5 Å². The van der Waals surface area contributed by atoms with Crippen LogP contribution in [-0.2, 0) is 0 Å². The van der Waals surface area contributed by atoms with Gasteiger partial charge in [-0.3, -0.25) is 4.90 Å². The van der Waals surface area contributed by atoms with Crippen LogP contribution in [0.1, 0.15) is 18.0 Å². The van der Waals surface area contributed by atoms with Crippen molar-refractivity contribution in [2.45, 2.75) is 18.6 Å². The summed E-state index contributed by atoms with van der Waals surface area (Å²) < 4.78 is 5.19. The molecule has 1 saturated heterocycles. The minimum atomic E-state index is -0.348. The minimum absolute atomic E-state index is 0.111. The lowest BCUT2D eigenvalue weighted by molar-refractivity contribution is 0.179. The molecular weight excluding hydrogens is 216 g/mol. The molecule has 2 rings (SSSR count). The van der Waals surface area contributed by atoms with Crippen molar-refractivity contribution < 1.29 is 9.84 Å². The van der Waals surface area contributed by atoms with Crippen LogP contribution < -0.4 is 4.74 Å². The van der Waals surface area contributed by atoms with Crippen LogP contribution in [0.5, 0.6) is 5.75 Å². The van der Waals surface area contributed by atoms with Gasteiger partial charge in [0.05, 0.1) is 25.8 Å². The van der Waals surface area contributed by atoms with Crippen molar-refractivity contribution in [2.24, 2.45) is 0 Å². The smallest absolute Gasteiger partial charge is 0.119 e. The normalized spacial score (nSPS) is 24.5. The van der Waals surface area contributed by atoms with Crippen molar-refractivity contribution in [1.82, 2.24) is 4.90 Å². The number of benzene rings is 1. The van der Waals surface area contributed by atoms with Gasteiger partial charge in [0.15, 0.2) is 0 Å². The highest BCUT2D eigenvalue weighted by Crippen LogP contribution is 2.33. The van der Waals surface area contributed by atoms with E-state index in [-0.39, 0.29) is 12.1 Å². The predicted octanol–water partition coefficient (Wildman–Crippen LogP) is 1.33. The number of nitrogens with zero attached hydrogens (tertiary/aromatic N) is 2. The molecule has 0 radical (unpaired) electrons. The lowest BCUT2D eigenvalue weighted by atomic mass is 10.0. The summed E-state index contributed by atoms with van der Waals surface area (Å²) in [5.74, 6) is 0.806. The van der Waals surface area contributed by atoms with Gasteiger partial charge in [-0.15, -0.1) is 0 Å². The predicted molar refractivity (Wildman–Crippen MR) is 63.5 cm³/mol. The molecule has 1 aliphatic rings. The van der Waals surface area contributed by atoms with Crippen molar-refractivity contribution >= 4 is 0 Å². The summed E-state index contributed by atoms with van der Waals surface area (Å²) in [5, 5.41) is 18.5. The molecule has 0 spiro atoms. The molecule has 4 heteroatoms.